The minimum absolute atomic E-state index is 0.174. The van der Waals surface area contributed by atoms with E-state index in [2.05, 4.69) is 17.9 Å². The third-order valence-corrected chi connectivity index (χ3v) is 1.62. The molecular formula is C6H13N3O2S. The van der Waals surface area contributed by atoms with E-state index in [9.17, 15) is 9.59 Å². The summed E-state index contributed by atoms with van der Waals surface area (Å²) in [6, 6.07) is -1.39. The van der Waals surface area contributed by atoms with Gasteiger partial charge in [-0.3, -0.25) is 9.59 Å². The van der Waals surface area contributed by atoms with Crippen molar-refractivity contribution in [2.24, 2.45) is 11.5 Å². The molecule has 70 valence electrons. The average molecular weight is 191 g/mol. The molecule has 0 aromatic carbocycles. The lowest BCUT2D eigenvalue weighted by Crippen LogP contribution is -2.50. The number of nitrogens with two attached hydrogens (primary N) is 2. The Morgan fingerprint density at radius 2 is 2.08 bits per heavy atom. The maximum atomic E-state index is 10.9. The van der Waals surface area contributed by atoms with Crippen LogP contribution >= 0.6 is 12.6 Å². The van der Waals surface area contributed by atoms with Gasteiger partial charge in [0, 0.05) is 5.75 Å². The fourth-order valence-electron chi connectivity index (χ4n) is 0.510. The highest BCUT2D eigenvalue weighted by atomic mass is 32.1. The predicted molar refractivity (Wildman–Crippen MR) is 48.6 cm³/mol. The van der Waals surface area contributed by atoms with Crippen molar-refractivity contribution in [3.8, 4) is 0 Å². The first kappa shape index (κ1) is 11.2. The van der Waals surface area contributed by atoms with Gasteiger partial charge in [0.1, 0.15) is 6.04 Å². The number of rotatable bonds is 4. The minimum Gasteiger partial charge on any atom is -0.368 e. The number of hydrogen-bond donors (Lipinski definition) is 4. The van der Waals surface area contributed by atoms with Crippen LogP contribution in [0.3, 0.4) is 0 Å². The second kappa shape index (κ2) is 5.00. The molecule has 0 aliphatic rings. The van der Waals surface area contributed by atoms with Gasteiger partial charge in [-0.15, -0.1) is 0 Å². The fraction of sp³-hybridized carbons (Fsp3) is 0.667. The van der Waals surface area contributed by atoms with Gasteiger partial charge < -0.3 is 16.8 Å². The van der Waals surface area contributed by atoms with Crippen molar-refractivity contribution in [1.29, 1.82) is 0 Å². The summed E-state index contributed by atoms with van der Waals surface area (Å²) in [5.74, 6) is -0.847. The van der Waals surface area contributed by atoms with Gasteiger partial charge in [-0.1, -0.05) is 0 Å². The quantitative estimate of drug-likeness (QED) is 0.396. The first-order valence-corrected chi connectivity index (χ1v) is 4.08. The van der Waals surface area contributed by atoms with Gasteiger partial charge >= 0.3 is 0 Å². The SMILES string of the molecule is C[C@H](N)C(=O)N[C@@H](CS)C(N)=O. The summed E-state index contributed by atoms with van der Waals surface area (Å²) in [4.78, 5) is 21.5. The second-order valence-corrected chi connectivity index (χ2v) is 2.80. The molecule has 0 aliphatic carbocycles. The van der Waals surface area contributed by atoms with Crippen LogP contribution in [0.2, 0.25) is 0 Å². The van der Waals surface area contributed by atoms with Gasteiger partial charge in [0.2, 0.25) is 11.8 Å². The Kier molecular flexibility index (Phi) is 4.68. The van der Waals surface area contributed by atoms with E-state index in [0.717, 1.165) is 0 Å². The molecule has 0 saturated carbocycles. The van der Waals surface area contributed by atoms with Crippen molar-refractivity contribution in [2.45, 2.75) is 19.0 Å². The number of nitrogens with one attached hydrogen (secondary N) is 1. The lowest BCUT2D eigenvalue weighted by molar-refractivity contribution is -0.127. The van der Waals surface area contributed by atoms with E-state index in [0.29, 0.717) is 0 Å². The number of carbonyl (C=O) groups excluding carboxylic acids is 2. The number of carbonyl (C=O) groups is 2. The molecule has 0 radical (unpaired) electrons. The molecule has 0 fully saturated rings. The van der Waals surface area contributed by atoms with Crippen LogP contribution in [0, 0.1) is 0 Å². The molecule has 0 aromatic heterocycles. The zero-order valence-corrected chi connectivity index (χ0v) is 7.67. The van der Waals surface area contributed by atoms with E-state index in [-0.39, 0.29) is 5.75 Å². The summed E-state index contributed by atoms with van der Waals surface area (Å²) in [5, 5.41) is 2.35. The molecular weight excluding hydrogens is 178 g/mol. The molecule has 0 saturated heterocycles. The molecule has 2 atom stereocenters. The van der Waals surface area contributed by atoms with Crippen LogP contribution in [0.15, 0.2) is 0 Å². The molecule has 12 heavy (non-hydrogen) atoms. The molecule has 0 unspecified atom stereocenters. The van der Waals surface area contributed by atoms with Gasteiger partial charge in [0.15, 0.2) is 0 Å². The molecule has 5 nitrogen and oxygen atoms in total. The highest BCUT2D eigenvalue weighted by Crippen LogP contribution is 1.87. The van der Waals surface area contributed by atoms with E-state index in [1.165, 1.54) is 6.92 Å². The second-order valence-electron chi connectivity index (χ2n) is 2.43. The van der Waals surface area contributed by atoms with Crippen LogP contribution in [-0.4, -0.2) is 29.7 Å². The first-order chi connectivity index (χ1) is 5.49. The molecule has 2 amide bonds. The lowest BCUT2D eigenvalue weighted by Gasteiger charge is -2.14. The molecule has 0 bridgehead atoms. The summed E-state index contributed by atoms with van der Waals surface area (Å²) in [6.45, 7) is 1.52. The molecule has 0 spiro atoms. The van der Waals surface area contributed by atoms with E-state index in [4.69, 9.17) is 11.5 Å². The number of primary amides is 1. The zero-order chi connectivity index (χ0) is 9.72. The molecule has 6 heteroatoms. The van der Waals surface area contributed by atoms with Crippen LogP contribution < -0.4 is 16.8 Å². The minimum atomic E-state index is -0.744. The molecule has 0 aromatic rings. The third-order valence-electron chi connectivity index (χ3n) is 1.26. The van der Waals surface area contributed by atoms with Crippen molar-refractivity contribution in [3.63, 3.8) is 0 Å². The van der Waals surface area contributed by atoms with Crippen molar-refractivity contribution in [1.82, 2.24) is 5.32 Å². The Labute approximate surface area is 76.3 Å². The van der Waals surface area contributed by atoms with Crippen LogP contribution in [-0.2, 0) is 9.59 Å². The topological polar surface area (TPSA) is 98.2 Å². The van der Waals surface area contributed by atoms with Gasteiger partial charge in [0.05, 0.1) is 6.04 Å². The molecule has 5 N–H and O–H groups in total. The monoisotopic (exact) mass is 191 g/mol. The maximum absolute atomic E-state index is 10.9. The van der Waals surface area contributed by atoms with Gasteiger partial charge in [-0.05, 0) is 6.92 Å². The van der Waals surface area contributed by atoms with Crippen LogP contribution in [0.25, 0.3) is 0 Å². The van der Waals surface area contributed by atoms with E-state index in [1.807, 2.05) is 0 Å². The van der Waals surface area contributed by atoms with Gasteiger partial charge in [0.25, 0.3) is 0 Å². The van der Waals surface area contributed by atoms with Crippen molar-refractivity contribution < 1.29 is 9.59 Å². The smallest absolute Gasteiger partial charge is 0.240 e. The van der Waals surface area contributed by atoms with Crippen molar-refractivity contribution in [3.05, 3.63) is 0 Å². The zero-order valence-electron chi connectivity index (χ0n) is 6.78. The Morgan fingerprint density at radius 1 is 1.58 bits per heavy atom. The maximum Gasteiger partial charge on any atom is 0.240 e. The Hall–Kier alpha value is -0.750. The summed E-state index contributed by atoms with van der Waals surface area (Å²) < 4.78 is 0. The number of thiol groups is 1. The first-order valence-electron chi connectivity index (χ1n) is 3.45. The Morgan fingerprint density at radius 3 is 2.33 bits per heavy atom. The normalized spacial score (nSPS) is 14.9. The molecule has 0 heterocycles. The molecule has 0 aliphatic heterocycles. The van der Waals surface area contributed by atoms with Crippen molar-refractivity contribution >= 4 is 24.4 Å². The van der Waals surface area contributed by atoms with Crippen LogP contribution in [0.4, 0.5) is 0 Å². The largest absolute Gasteiger partial charge is 0.368 e. The Bertz CT molecular complexity index is 184. The highest BCUT2D eigenvalue weighted by molar-refractivity contribution is 7.80. The van der Waals surface area contributed by atoms with Gasteiger partial charge in [-0.2, -0.15) is 12.6 Å². The van der Waals surface area contributed by atoms with Crippen LogP contribution in [0.1, 0.15) is 6.92 Å². The summed E-state index contributed by atoms with van der Waals surface area (Å²) in [5.41, 5.74) is 10.2. The standard InChI is InChI=1S/C6H13N3O2S/c1-3(7)6(11)9-4(2-12)5(8)10/h3-4,12H,2,7H2,1H3,(H2,8,10)(H,9,11)/t3-,4-/m0/s1. The van der Waals surface area contributed by atoms with E-state index >= 15 is 0 Å². The van der Waals surface area contributed by atoms with E-state index < -0.39 is 23.9 Å². The fourth-order valence-corrected chi connectivity index (χ4v) is 0.781. The third kappa shape index (κ3) is 3.59. The van der Waals surface area contributed by atoms with Gasteiger partial charge in [-0.25, -0.2) is 0 Å². The predicted octanol–water partition coefficient (Wildman–Crippen LogP) is -1.77. The van der Waals surface area contributed by atoms with E-state index in [1.54, 1.807) is 0 Å². The van der Waals surface area contributed by atoms with Crippen molar-refractivity contribution in [2.75, 3.05) is 5.75 Å². The number of hydrogen-bond acceptors (Lipinski definition) is 4. The number of amides is 2. The Balaban J connectivity index is 4.03. The van der Waals surface area contributed by atoms with Crippen LogP contribution in [0.5, 0.6) is 0 Å². The lowest BCUT2D eigenvalue weighted by atomic mass is 10.2. The average Bonchev–Trinajstić information content (AvgIpc) is 1.98. The summed E-state index contributed by atoms with van der Waals surface area (Å²) >= 11 is 3.84. The summed E-state index contributed by atoms with van der Waals surface area (Å²) in [6.07, 6.45) is 0. The molecule has 0 rings (SSSR count). The summed E-state index contributed by atoms with van der Waals surface area (Å²) in [7, 11) is 0. The highest BCUT2D eigenvalue weighted by Gasteiger charge is 2.17.